The summed E-state index contributed by atoms with van der Waals surface area (Å²) in [6.45, 7) is 4.30. The lowest BCUT2D eigenvalue weighted by molar-refractivity contribution is -0.119. The van der Waals surface area contributed by atoms with Crippen LogP contribution in [0.2, 0.25) is 10.0 Å². The number of aryl methyl sites for hydroxylation is 2. The summed E-state index contributed by atoms with van der Waals surface area (Å²) in [6, 6.07) is 11.8. The van der Waals surface area contributed by atoms with Gasteiger partial charge in [-0.3, -0.25) is 9.36 Å². The van der Waals surface area contributed by atoms with E-state index in [1.807, 2.05) is 12.1 Å². The van der Waals surface area contributed by atoms with Gasteiger partial charge < -0.3 is 0 Å². The lowest BCUT2D eigenvalue weighted by Crippen LogP contribution is -2.22. The van der Waals surface area contributed by atoms with Gasteiger partial charge in [-0.25, -0.2) is 0 Å². The summed E-state index contributed by atoms with van der Waals surface area (Å²) < 4.78 is 2.10. The minimum Gasteiger partial charge on any atom is -0.298 e. The highest BCUT2D eigenvalue weighted by atomic mass is 35.5. The predicted molar refractivity (Wildman–Crippen MR) is 129 cm³/mol. The molecule has 1 unspecified atom stereocenters. The van der Waals surface area contributed by atoms with Crippen LogP contribution in [0.4, 0.5) is 0 Å². The fourth-order valence-corrected chi connectivity index (χ4v) is 5.75. The molecule has 1 saturated carbocycles. The third kappa shape index (κ3) is 4.55. The van der Waals surface area contributed by atoms with E-state index in [1.54, 1.807) is 6.07 Å². The SMILES string of the molecule is CCc1cccc(CC)c1-n1c(SC2CCCCC2=O)nnc1-c1ccc(Cl)cc1Cl. The molecule has 0 amide bonds. The van der Waals surface area contributed by atoms with Crippen molar-refractivity contribution >= 4 is 40.7 Å². The van der Waals surface area contributed by atoms with E-state index in [0.717, 1.165) is 48.5 Å². The van der Waals surface area contributed by atoms with Gasteiger partial charge in [-0.15, -0.1) is 10.2 Å². The van der Waals surface area contributed by atoms with Crippen molar-refractivity contribution in [3.8, 4) is 17.1 Å². The zero-order valence-corrected chi connectivity index (χ0v) is 20.0. The number of benzene rings is 2. The average molecular weight is 474 g/mol. The zero-order chi connectivity index (χ0) is 22.0. The Morgan fingerprint density at radius 1 is 1.06 bits per heavy atom. The molecule has 0 spiro atoms. The molecule has 0 radical (unpaired) electrons. The maximum Gasteiger partial charge on any atom is 0.196 e. The van der Waals surface area contributed by atoms with Gasteiger partial charge in [0, 0.05) is 17.0 Å². The van der Waals surface area contributed by atoms with E-state index in [0.29, 0.717) is 28.1 Å². The number of thioether (sulfide) groups is 1. The van der Waals surface area contributed by atoms with Crippen molar-refractivity contribution in [2.45, 2.75) is 62.8 Å². The second kappa shape index (κ2) is 9.76. The highest BCUT2D eigenvalue weighted by Gasteiger charge is 2.28. The summed E-state index contributed by atoms with van der Waals surface area (Å²) in [5, 5.41) is 10.8. The van der Waals surface area contributed by atoms with E-state index in [4.69, 9.17) is 23.2 Å². The summed E-state index contributed by atoms with van der Waals surface area (Å²) in [4.78, 5) is 12.5. The van der Waals surface area contributed by atoms with Gasteiger partial charge >= 0.3 is 0 Å². The summed E-state index contributed by atoms with van der Waals surface area (Å²) in [6.07, 6.45) is 5.33. The monoisotopic (exact) mass is 473 g/mol. The van der Waals surface area contributed by atoms with Crippen LogP contribution in [0.3, 0.4) is 0 Å². The number of para-hydroxylation sites is 1. The fraction of sp³-hybridized carbons (Fsp3) is 0.375. The molecule has 1 aliphatic rings. The first-order chi connectivity index (χ1) is 15.0. The number of Topliss-reactive ketones (excluding diaryl/α,β-unsaturated/α-hetero) is 1. The Morgan fingerprint density at radius 3 is 2.45 bits per heavy atom. The van der Waals surface area contributed by atoms with Crippen molar-refractivity contribution < 1.29 is 4.79 Å². The van der Waals surface area contributed by atoms with E-state index in [2.05, 4.69) is 46.8 Å². The second-order valence-electron chi connectivity index (χ2n) is 7.72. The van der Waals surface area contributed by atoms with E-state index < -0.39 is 0 Å². The minimum absolute atomic E-state index is 0.0795. The van der Waals surface area contributed by atoms with E-state index in [9.17, 15) is 4.79 Å². The van der Waals surface area contributed by atoms with Crippen LogP contribution in [-0.4, -0.2) is 25.8 Å². The normalized spacial score (nSPS) is 16.6. The first-order valence-corrected chi connectivity index (χ1v) is 12.4. The van der Waals surface area contributed by atoms with Crippen molar-refractivity contribution in [3.05, 3.63) is 57.6 Å². The van der Waals surface area contributed by atoms with Gasteiger partial charge in [0.05, 0.1) is 16.0 Å². The molecule has 1 fully saturated rings. The zero-order valence-electron chi connectivity index (χ0n) is 17.7. The summed E-state index contributed by atoms with van der Waals surface area (Å²) in [5.74, 6) is 0.972. The molecule has 1 aromatic heterocycles. The molecule has 31 heavy (non-hydrogen) atoms. The van der Waals surface area contributed by atoms with Gasteiger partial charge in [0.25, 0.3) is 0 Å². The van der Waals surface area contributed by atoms with Crippen LogP contribution in [0.25, 0.3) is 17.1 Å². The Hall–Kier alpha value is -1.82. The van der Waals surface area contributed by atoms with Gasteiger partial charge in [-0.2, -0.15) is 0 Å². The molecule has 2 aromatic carbocycles. The summed E-state index contributed by atoms with van der Waals surface area (Å²) >= 11 is 14.2. The lowest BCUT2D eigenvalue weighted by atomic mass is 9.99. The Labute approximate surface area is 197 Å². The third-order valence-corrected chi connectivity index (χ3v) is 7.55. The molecule has 4 rings (SSSR count). The van der Waals surface area contributed by atoms with E-state index >= 15 is 0 Å². The Morgan fingerprint density at radius 2 is 1.81 bits per heavy atom. The molecule has 0 aliphatic heterocycles. The highest BCUT2D eigenvalue weighted by Crippen LogP contribution is 2.38. The topological polar surface area (TPSA) is 47.8 Å². The first kappa shape index (κ1) is 22.4. The number of rotatable bonds is 6. The van der Waals surface area contributed by atoms with E-state index in [-0.39, 0.29) is 5.25 Å². The maximum absolute atomic E-state index is 12.5. The number of nitrogens with zero attached hydrogens (tertiary/aromatic N) is 3. The molecule has 0 bridgehead atoms. The number of carbonyl (C=O) groups excluding carboxylic acids is 1. The summed E-state index contributed by atoms with van der Waals surface area (Å²) in [5.41, 5.74) is 4.28. The number of hydrogen-bond donors (Lipinski definition) is 0. The number of hydrogen-bond acceptors (Lipinski definition) is 4. The third-order valence-electron chi connectivity index (χ3n) is 5.74. The van der Waals surface area contributed by atoms with Crippen molar-refractivity contribution in [2.75, 3.05) is 0 Å². The molecular weight excluding hydrogens is 449 g/mol. The molecule has 4 nitrogen and oxygen atoms in total. The van der Waals surface area contributed by atoms with E-state index in [1.165, 1.54) is 22.9 Å². The Balaban J connectivity index is 1.92. The first-order valence-electron chi connectivity index (χ1n) is 10.7. The fourth-order valence-electron chi connectivity index (χ4n) is 4.10. The number of halogens is 2. The number of ketones is 1. The van der Waals surface area contributed by atoms with Crippen molar-refractivity contribution in [1.82, 2.24) is 14.8 Å². The largest absolute Gasteiger partial charge is 0.298 e. The van der Waals surface area contributed by atoms with Crippen molar-refractivity contribution in [1.29, 1.82) is 0 Å². The van der Waals surface area contributed by atoms with Crippen LogP contribution in [0.15, 0.2) is 41.6 Å². The molecular formula is C24H25Cl2N3OS. The molecule has 0 saturated heterocycles. The maximum atomic E-state index is 12.5. The molecule has 3 aromatic rings. The molecule has 162 valence electrons. The second-order valence-corrected chi connectivity index (χ2v) is 9.73. The summed E-state index contributed by atoms with van der Waals surface area (Å²) in [7, 11) is 0. The van der Waals surface area contributed by atoms with Gasteiger partial charge in [-0.1, -0.05) is 73.4 Å². The van der Waals surface area contributed by atoms with Gasteiger partial charge in [0.15, 0.2) is 11.0 Å². The van der Waals surface area contributed by atoms with Crippen LogP contribution in [0, 0.1) is 0 Å². The Kier molecular flexibility index (Phi) is 7.05. The van der Waals surface area contributed by atoms with Gasteiger partial charge in [-0.05, 0) is 55.0 Å². The minimum atomic E-state index is -0.0795. The van der Waals surface area contributed by atoms with Crippen LogP contribution >= 0.6 is 35.0 Å². The number of aromatic nitrogens is 3. The molecule has 1 aliphatic carbocycles. The highest BCUT2D eigenvalue weighted by molar-refractivity contribution is 8.00. The molecule has 1 heterocycles. The standard InChI is InChI=1S/C24H25Cl2N3OS/c1-3-15-8-7-9-16(4-2)22(15)29-23(18-13-12-17(25)14-19(18)26)27-28-24(29)31-21-11-6-5-10-20(21)30/h7-9,12-14,21H,3-6,10-11H2,1-2H3. The van der Waals surface area contributed by atoms with Gasteiger partial charge in [0.1, 0.15) is 5.78 Å². The lowest BCUT2D eigenvalue weighted by Gasteiger charge is -2.22. The van der Waals surface area contributed by atoms with Crippen LogP contribution in [0.1, 0.15) is 50.7 Å². The smallest absolute Gasteiger partial charge is 0.196 e. The van der Waals surface area contributed by atoms with Crippen molar-refractivity contribution in [2.24, 2.45) is 0 Å². The molecule has 0 N–H and O–H groups in total. The van der Waals surface area contributed by atoms with Crippen molar-refractivity contribution in [3.63, 3.8) is 0 Å². The van der Waals surface area contributed by atoms with Crippen LogP contribution in [0.5, 0.6) is 0 Å². The molecule has 7 heteroatoms. The predicted octanol–water partition coefficient (Wildman–Crippen LogP) is 6.97. The Bertz CT molecular complexity index is 1090. The van der Waals surface area contributed by atoms with Crippen LogP contribution < -0.4 is 0 Å². The quantitative estimate of drug-likeness (QED) is 0.387. The number of carbonyl (C=O) groups is 1. The van der Waals surface area contributed by atoms with Gasteiger partial charge in [0.2, 0.25) is 0 Å². The molecule has 1 atom stereocenters. The van der Waals surface area contributed by atoms with Crippen LogP contribution in [-0.2, 0) is 17.6 Å². The average Bonchev–Trinajstić information content (AvgIpc) is 3.17.